The first kappa shape index (κ1) is 22.3. The summed E-state index contributed by atoms with van der Waals surface area (Å²) >= 11 is 0. The molecule has 0 radical (unpaired) electrons. The van der Waals surface area contributed by atoms with Crippen LogP contribution in [0.15, 0.2) is 60.7 Å². The topological polar surface area (TPSA) is 55.9 Å². The fraction of sp³-hybridized carbons (Fsp3) is 0.462. The third kappa shape index (κ3) is 5.68. The van der Waals surface area contributed by atoms with E-state index < -0.39 is 6.04 Å². The van der Waals surface area contributed by atoms with Gasteiger partial charge in [0, 0.05) is 51.4 Å². The van der Waals surface area contributed by atoms with Crippen molar-refractivity contribution in [1.29, 1.82) is 0 Å². The van der Waals surface area contributed by atoms with Gasteiger partial charge in [0.25, 0.3) is 0 Å². The van der Waals surface area contributed by atoms with Crippen LogP contribution in [0.5, 0.6) is 0 Å². The number of hydrogen-bond acceptors (Lipinski definition) is 4. The Labute approximate surface area is 191 Å². The monoisotopic (exact) mass is 434 g/mol. The molecule has 2 aromatic carbocycles. The van der Waals surface area contributed by atoms with E-state index in [1.54, 1.807) is 4.90 Å². The molecule has 32 heavy (non-hydrogen) atoms. The first-order valence-corrected chi connectivity index (χ1v) is 11.9. The van der Waals surface area contributed by atoms with E-state index in [0.29, 0.717) is 19.5 Å². The standard InChI is InChI=1S/C26H34N4O2/c31-24-14-7-8-17-30(24)25(22-10-3-1-4-11-22)26(32)27-15-9-16-28-18-20-29(21-19-28)23-12-5-2-6-13-23/h1-6,10-13,25H,7-9,14-21H2,(H,27,32). The van der Waals surface area contributed by atoms with E-state index >= 15 is 0 Å². The van der Waals surface area contributed by atoms with E-state index in [1.165, 1.54) is 5.69 Å². The molecule has 4 rings (SSSR count). The number of nitrogens with zero attached hydrogens (tertiary/aromatic N) is 3. The van der Waals surface area contributed by atoms with Crippen LogP contribution in [0, 0.1) is 0 Å². The van der Waals surface area contributed by atoms with Crippen LogP contribution < -0.4 is 10.2 Å². The van der Waals surface area contributed by atoms with Crippen molar-refractivity contribution in [2.24, 2.45) is 0 Å². The van der Waals surface area contributed by atoms with Crippen molar-refractivity contribution in [1.82, 2.24) is 15.1 Å². The zero-order valence-corrected chi connectivity index (χ0v) is 18.8. The molecular formula is C26H34N4O2. The Morgan fingerprint density at radius 3 is 2.25 bits per heavy atom. The lowest BCUT2D eigenvalue weighted by atomic mass is 10.0. The minimum Gasteiger partial charge on any atom is -0.369 e. The molecule has 6 nitrogen and oxygen atoms in total. The van der Waals surface area contributed by atoms with E-state index in [0.717, 1.165) is 57.5 Å². The van der Waals surface area contributed by atoms with Gasteiger partial charge in [-0.15, -0.1) is 0 Å². The summed E-state index contributed by atoms with van der Waals surface area (Å²) in [5.74, 6) is 0.0110. The van der Waals surface area contributed by atoms with Gasteiger partial charge in [-0.2, -0.15) is 0 Å². The zero-order chi connectivity index (χ0) is 22.2. The van der Waals surface area contributed by atoms with Gasteiger partial charge < -0.3 is 15.1 Å². The molecule has 2 saturated heterocycles. The van der Waals surface area contributed by atoms with E-state index in [9.17, 15) is 9.59 Å². The van der Waals surface area contributed by atoms with Crippen LogP contribution in [0.1, 0.15) is 37.3 Å². The van der Waals surface area contributed by atoms with Crippen molar-refractivity contribution in [3.63, 3.8) is 0 Å². The molecule has 6 heteroatoms. The number of anilines is 1. The van der Waals surface area contributed by atoms with Crippen molar-refractivity contribution >= 4 is 17.5 Å². The Morgan fingerprint density at radius 2 is 1.56 bits per heavy atom. The number of carbonyl (C=O) groups excluding carboxylic acids is 2. The van der Waals surface area contributed by atoms with Crippen LogP contribution >= 0.6 is 0 Å². The van der Waals surface area contributed by atoms with Crippen LogP contribution in [0.3, 0.4) is 0 Å². The molecule has 0 aliphatic carbocycles. The molecule has 2 aromatic rings. The normalized spacial score (nSPS) is 18.4. The summed E-state index contributed by atoms with van der Waals surface area (Å²) in [7, 11) is 0. The summed E-state index contributed by atoms with van der Waals surface area (Å²) in [5.41, 5.74) is 2.18. The number of piperidine rings is 1. The molecule has 2 aliphatic rings. The molecule has 2 fully saturated rings. The van der Waals surface area contributed by atoms with Gasteiger partial charge in [-0.1, -0.05) is 48.5 Å². The maximum Gasteiger partial charge on any atom is 0.247 e. The third-order valence-corrected chi connectivity index (χ3v) is 6.48. The maximum absolute atomic E-state index is 13.1. The van der Waals surface area contributed by atoms with Gasteiger partial charge in [0.1, 0.15) is 6.04 Å². The van der Waals surface area contributed by atoms with Crippen molar-refractivity contribution in [2.45, 2.75) is 31.7 Å². The van der Waals surface area contributed by atoms with Gasteiger partial charge in [0.2, 0.25) is 11.8 Å². The minimum absolute atomic E-state index is 0.0691. The van der Waals surface area contributed by atoms with Gasteiger partial charge in [0.05, 0.1) is 0 Å². The Morgan fingerprint density at radius 1 is 0.875 bits per heavy atom. The molecule has 0 bridgehead atoms. The number of likely N-dealkylation sites (tertiary alicyclic amines) is 1. The molecule has 0 saturated carbocycles. The molecule has 1 unspecified atom stereocenters. The average molecular weight is 435 g/mol. The van der Waals surface area contributed by atoms with E-state index in [4.69, 9.17) is 0 Å². The number of rotatable bonds is 8. The highest BCUT2D eigenvalue weighted by Gasteiger charge is 2.32. The summed E-state index contributed by atoms with van der Waals surface area (Å²) in [4.78, 5) is 32.3. The molecule has 1 atom stereocenters. The van der Waals surface area contributed by atoms with Crippen LogP contribution in [0.2, 0.25) is 0 Å². The largest absolute Gasteiger partial charge is 0.369 e. The summed E-state index contributed by atoms with van der Waals surface area (Å²) in [6, 6.07) is 19.7. The number of piperazine rings is 1. The number of hydrogen-bond donors (Lipinski definition) is 1. The number of nitrogens with one attached hydrogen (secondary N) is 1. The van der Waals surface area contributed by atoms with Crippen LogP contribution in [0.25, 0.3) is 0 Å². The Bertz CT molecular complexity index is 866. The van der Waals surface area contributed by atoms with Gasteiger partial charge >= 0.3 is 0 Å². The van der Waals surface area contributed by atoms with Gasteiger partial charge in [0.15, 0.2) is 0 Å². The predicted octanol–water partition coefficient (Wildman–Crippen LogP) is 3.07. The van der Waals surface area contributed by atoms with Gasteiger partial charge in [-0.25, -0.2) is 0 Å². The molecule has 2 aliphatic heterocycles. The van der Waals surface area contributed by atoms with Crippen LogP contribution in [-0.2, 0) is 9.59 Å². The maximum atomic E-state index is 13.1. The van der Waals surface area contributed by atoms with Crippen molar-refractivity contribution in [3.8, 4) is 0 Å². The molecular weight excluding hydrogens is 400 g/mol. The Hall–Kier alpha value is -2.86. The molecule has 2 amide bonds. The third-order valence-electron chi connectivity index (χ3n) is 6.48. The molecule has 2 heterocycles. The SMILES string of the molecule is O=C(NCCCN1CCN(c2ccccc2)CC1)C(c1ccccc1)N1CCCCC1=O. The lowest BCUT2D eigenvalue weighted by Crippen LogP contribution is -2.48. The second kappa shape index (κ2) is 11.1. The lowest BCUT2D eigenvalue weighted by Gasteiger charge is -2.36. The Balaban J connectivity index is 1.25. The fourth-order valence-corrected chi connectivity index (χ4v) is 4.69. The van der Waals surface area contributed by atoms with Crippen LogP contribution in [-0.4, -0.2) is 67.4 Å². The molecule has 1 N–H and O–H groups in total. The minimum atomic E-state index is -0.529. The highest BCUT2D eigenvalue weighted by atomic mass is 16.2. The van der Waals surface area contributed by atoms with E-state index in [2.05, 4.69) is 45.4 Å². The summed E-state index contributed by atoms with van der Waals surface area (Å²) < 4.78 is 0. The van der Waals surface area contributed by atoms with E-state index in [1.807, 2.05) is 30.3 Å². The first-order chi connectivity index (χ1) is 15.7. The zero-order valence-electron chi connectivity index (χ0n) is 18.8. The first-order valence-electron chi connectivity index (χ1n) is 11.9. The quantitative estimate of drug-likeness (QED) is 0.649. The molecule has 170 valence electrons. The summed E-state index contributed by atoms with van der Waals surface area (Å²) in [6.45, 7) is 6.39. The summed E-state index contributed by atoms with van der Waals surface area (Å²) in [6.07, 6.45) is 3.31. The number of amides is 2. The average Bonchev–Trinajstić information content (AvgIpc) is 2.85. The van der Waals surface area contributed by atoms with Gasteiger partial charge in [-0.05, 0) is 43.5 Å². The number of para-hydroxylation sites is 1. The predicted molar refractivity (Wildman–Crippen MR) is 127 cm³/mol. The second-order valence-electron chi connectivity index (χ2n) is 8.67. The lowest BCUT2D eigenvalue weighted by molar-refractivity contribution is -0.142. The van der Waals surface area contributed by atoms with Crippen molar-refractivity contribution in [3.05, 3.63) is 66.2 Å². The van der Waals surface area contributed by atoms with Crippen molar-refractivity contribution in [2.75, 3.05) is 50.7 Å². The Kier molecular flexibility index (Phi) is 7.77. The summed E-state index contributed by atoms with van der Waals surface area (Å²) in [5, 5.41) is 3.10. The van der Waals surface area contributed by atoms with Crippen molar-refractivity contribution < 1.29 is 9.59 Å². The molecule has 0 spiro atoms. The highest BCUT2D eigenvalue weighted by Crippen LogP contribution is 2.25. The number of benzene rings is 2. The van der Waals surface area contributed by atoms with Crippen LogP contribution in [0.4, 0.5) is 5.69 Å². The fourth-order valence-electron chi connectivity index (χ4n) is 4.69. The number of carbonyl (C=O) groups is 2. The second-order valence-corrected chi connectivity index (χ2v) is 8.67. The van der Waals surface area contributed by atoms with Gasteiger partial charge in [-0.3, -0.25) is 14.5 Å². The smallest absolute Gasteiger partial charge is 0.247 e. The van der Waals surface area contributed by atoms with E-state index in [-0.39, 0.29) is 11.8 Å². The highest BCUT2D eigenvalue weighted by molar-refractivity contribution is 5.89. The molecule has 0 aromatic heterocycles.